The van der Waals surface area contributed by atoms with E-state index in [1.165, 1.54) is 0 Å². The van der Waals surface area contributed by atoms with Gasteiger partial charge in [-0.05, 0) is 24.0 Å². The number of rotatable bonds is 12. The number of nitrogens with one attached hydrogen (secondary N) is 1. The minimum Gasteiger partial charge on any atom is -0.855 e. The fourth-order valence-electron chi connectivity index (χ4n) is 4.76. The van der Waals surface area contributed by atoms with E-state index in [-0.39, 0.29) is 29.6 Å². The van der Waals surface area contributed by atoms with Crippen molar-refractivity contribution in [3.8, 4) is 0 Å². The number of amides is 1. The predicted molar refractivity (Wildman–Crippen MR) is 148 cm³/mol. The first-order valence-corrected chi connectivity index (χ1v) is 13.3. The zero-order valence-corrected chi connectivity index (χ0v) is 22.3. The maximum Gasteiger partial charge on any atom is 0.407 e. The molecule has 39 heavy (non-hydrogen) atoms. The van der Waals surface area contributed by atoms with Gasteiger partial charge in [-0.15, -0.1) is 0 Å². The number of likely N-dealkylation sites (N-methyl/N-ethyl adjacent to an activating group) is 1. The molecule has 2 N–H and O–H groups in total. The Bertz CT molecular complexity index is 1190. The van der Waals surface area contributed by atoms with E-state index in [4.69, 9.17) is 9.47 Å². The van der Waals surface area contributed by atoms with Gasteiger partial charge in [-0.3, -0.25) is 0 Å². The number of carbonyl (C=O) groups is 1. The molecule has 2 unspecified atom stereocenters. The van der Waals surface area contributed by atoms with Gasteiger partial charge in [-0.25, -0.2) is 4.79 Å². The van der Waals surface area contributed by atoms with Gasteiger partial charge in [0.25, 0.3) is 0 Å². The summed E-state index contributed by atoms with van der Waals surface area (Å²) in [5.74, 6) is -0.186. The first-order chi connectivity index (χ1) is 18.9. The molecule has 1 fully saturated rings. The molecule has 1 aliphatic rings. The molecule has 0 radical (unpaired) electrons. The number of benzene rings is 3. The van der Waals surface area contributed by atoms with Crippen LogP contribution in [0, 0.1) is 5.92 Å². The van der Waals surface area contributed by atoms with Crippen LogP contribution in [-0.4, -0.2) is 67.2 Å². The van der Waals surface area contributed by atoms with Crippen molar-refractivity contribution in [2.24, 2.45) is 11.0 Å². The maximum atomic E-state index is 13.1. The number of hydrogen-bond acceptors (Lipinski definition) is 6. The zero-order chi connectivity index (χ0) is 27.5. The van der Waals surface area contributed by atoms with E-state index in [1.54, 1.807) is 24.3 Å². The average Bonchev–Trinajstić information content (AvgIpc) is 3.47. The number of aliphatic hydroxyl groups is 1. The third-order valence-corrected chi connectivity index (χ3v) is 6.84. The van der Waals surface area contributed by atoms with Crippen LogP contribution in [0.4, 0.5) is 4.79 Å². The Labute approximate surface area is 230 Å². The second-order valence-electron chi connectivity index (χ2n) is 10.3. The highest BCUT2D eigenvalue weighted by atomic mass is 16.6. The zero-order valence-electron chi connectivity index (χ0n) is 22.3. The van der Waals surface area contributed by atoms with Crippen molar-refractivity contribution < 1.29 is 29.1 Å². The first kappa shape index (κ1) is 28.3. The summed E-state index contributed by atoms with van der Waals surface area (Å²) in [5.41, 5.74) is 2.41. The predicted octanol–water partition coefficient (Wildman–Crippen LogP) is 3.09. The van der Waals surface area contributed by atoms with Crippen molar-refractivity contribution >= 4 is 12.0 Å². The van der Waals surface area contributed by atoms with E-state index in [2.05, 4.69) is 10.4 Å². The van der Waals surface area contributed by atoms with Crippen LogP contribution in [0.15, 0.2) is 96.1 Å². The molecule has 3 aromatic rings. The van der Waals surface area contributed by atoms with Gasteiger partial charge in [0.2, 0.25) is 0 Å². The lowest BCUT2D eigenvalue weighted by atomic mass is 10.0. The van der Waals surface area contributed by atoms with E-state index in [0.29, 0.717) is 31.7 Å². The van der Waals surface area contributed by atoms with Gasteiger partial charge in [-0.1, -0.05) is 96.1 Å². The molecule has 0 aliphatic carbocycles. The highest BCUT2D eigenvalue weighted by molar-refractivity contribution is 5.89. The summed E-state index contributed by atoms with van der Waals surface area (Å²) in [7, 11) is 1.81. The summed E-state index contributed by atoms with van der Waals surface area (Å²) in [6.45, 7) is 2.01. The highest BCUT2D eigenvalue weighted by Crippen LogP contribution is 2.18. The molecule has 1 heterocycles. The van der Waals surface area contributed by atoms with E-state index in [1.807, 2.05) is 73.8 Å². The van der Waals surface area contributed by atoms with Crippen LogP contribution in [0.3, 0.4) is 0 Å². The Morgan fingerprint density at radius 3 is 2.28 bits per heavy atom. The SMILES string of the molecule is C[N+](Cc1ccccc1)(C[C@H](O)[C@H](Cc1ccccc1)NC(=O)OCC1CCOC1)/N=C(\[O-])c1ccccc1. The lowest BCUT2D eigenvalue weighted by Crippen LogP contribution is -2.54. The lowest BCUT2D eigenvalue weighted by molar-refractivity contribution is -0.933. The summed E-state index contributed by atoms with van der Waals surface area (Å²) in [6.07, 6.45) is -0.359. The molecular weight excluding hydrogens is 494 g/mol. The van der Waals surface area contributed by atoms with Crippen molar-refractivity contribution in [2.75, 3.05) is 33.4 Å². The fraction of sp³-hybridized carbons (Fsp3) is 0.355. The van der Waals surface area contributed by atoms with E-state index >= 15 is 0 Å². The average molecular weight is 532 g/mol. The third kappa shape index (κ3) is 8.92. The van der Waals surface area contributed by atoms with Crippen LogP contribution in [-0.2, 0) is 22.4 Å². The van der Waals surface area contributed by atoms with Crippen LogP contribution in [0.2, 0.25) is 0 Å². The molecule has 1 amide bonds. The number of hydrogen-bond donors (Lipinski definition) is 2. The lowest BCUT2D eigenvalue weighted by Gasteiger charge is -2.34. The summed E-state index contributed by atoms with van der Waals surface area (Å²) >= 11 is 0. The molecule has 8 nitrogen and oxygen atoms in total. The van der Waals surface area contributed by atoms with Gasteiger partial charge < -0.3 is 25.0 Å². The smallest absolute Gasteiger partial charge is 0.407 e. The molecule has 0 bridgehead atoms. The monoisotopic (exact) mass is 531 g/mol. The van der Waals surface area contributed by atoms with Gasteiger partial charge in [0, 0.05) is 18.1 Å². The summed E-state index contributed by atoms with van der Waals surface area (Å²) in [6, 6.07) is 27.6. The molecule has 1 aliphatic heterocycles. The molecule has 0 spiro atoms. The number of quaternary nitrogens is 1. The van der Waals surface area contributed by atoms with E-state index < -0.39 is 18.2 Å². The second kappa shape index (κ2) is 13.9. The van der Waals surface area contributed by atoms with Crippen molar-refractivity contribution in [3.63, 3.8) is 0 Å². The molecule has 206 valence electrons. The molecular formula is C31H37N3O5. The van der Waals surface area contributed by atoms with Crippen LogP contribution < -0.4 is 10.4 Å². The maximum absolute atomic E-state index is 13.1. The molecule has 4 rings (SSSR count). The van der Waals surface area contributed by atoms with Crippen LogP contribution in [0.25, 0.3) is 0 Å². The van der Waals surface area contributed by atoms with Gasteiger partial charge >= 0.3 is 6.09 Å². The van der Waals surface area contributed by atoms with Crippen molar-refractivity contribution in [1.29, 1.82) is 0 Å². The number of carbonyl (C=O) groups excluding carboxylic acids is 1. The molecule has 4 atom stereocenters. The quantitative estimate of drug-likeness (QED) is 0.162. The number of ether oxygens (including phenoxy) is 2. The van der Waals surface area contributed by atoms with Crippen LogP contribution >= 0.6 is 0 Å². The minimum atomic E-state index is -1.02. The van der Waals surface area contributed by atoms with E-state index in [9.17, 15) is 15.0 Å². The number of aliphatic hydroxyl groups excluding tert-OH is 1. The molecule has 0 aromatic heterocycles. The van der Waals surface area contributed by atoms with Crippen molar-refractivity contribution in [3.05, 3.63) is 108 Å². The molecule has 3 aromatic carbocycles. The number of nitrogens with zero attached hydrogens (tertiary/aromatic N) is 2. The van der Waals surface area contributed by atoms with Gasteiger partial charge in [0.15, 0.2) is 0 Å². The minimum absolute atomic E-state index is 0.0969. The normalized spacial score (nSPS) is 18.6. The highest BCUT2D eigenvalue weighted by Gasteiger charge is 2.33. The third-order valence-electron chi connectivity index (χ3n) is 6.84. The molecule has 1 saturated heterocycles. The summed E-state index contributed by atoms with van der Waals surface area (Å²) < 4.78 is 10.7. The Morgan fingerprint density at radius 2 is 1.67 bits per heavy atom. The molecule has 8 heteroatoms. The largest absolute Gasteiger partial charge is 0.855 e. The standard InChI is InChI=1S/C31H37N3O5/c1-34(20-25-13-7-3-8-14-25,33-30(36)27-15-9-4-10-16-27)21-29(35)28(19-24-11-5-2-6-12-24)32-31(37)39-23-26-17-18-38-22-26/h2-16,26,28-29,35H,17-23H2,1H3,(H-,32,33,36,37)/t26?,28-,29-,34?/m0/s1. The van der Waals surface area contributed by atoms with Crippen molar-refractivity contribution in [2.45, 2.75) is 31.5 Å². The van der Waals surface area contributed by atoms with Gasteiger partial charge in [0.1, 0.15) is 19.2 Å². The Morgan fingerprint density at radius 1 is 1.05 bits per heavy atom. The topological polar surface area (TPSA) is 103 Å². The number of alkyl carbamates (subject to hydrolysis) is 1. The molecule has 0 saturated carbocycles. The first-order valence-electron chi connectivity index (χ1n) is 13.3. The van der Waals surface area contributed by atoms with Crippen LogP contribution in [0.5, 0.6) is 0 Å². The fourth-order valence-corrected chi connectivity index (χ4v) is 4.76. The van der Waals surface area contributed by atoms with Crippen molar-refractivity contribution in [1.82, 2.24) is 5.32 Å². The Balaban J connectivity index is 1.54. The summed E-state index contributed by atoms with van der Waals surface area (Å²) in [4.78, 5) is 12.8. The second-order valence-corrected chi connectivity index (χ2v) is 10.3. The van der Waals surface area contributed by atoms with E-state index in [0.717, 1.165) is 17.5 Å². The van der Waals surface area contributed by atoms with Crippen LogP contribution in [0.1, 0.15) is 23.1 Å². The Kier molecular flexibility index (Phi) is 10.1. The Hall–Kier alpha value is -3.72. The summed E-state index contributed by atoms with van der Waals surface area (Å²) in [5, 5.41) is 32.1. The van der Waals surface area contributed by atoms with Gasteiger partial charge in [0.05, 0.1) is 32.2 Å². The van der Waals surface area contributed by atoms with Gasteiger partial charge in [-0.2, -0.15) is 4.59 Å².